The van der Waals surface area contributed by atoms with Crippen molar-refractivity contribution in [2.45, 2.75) is 32.1 Å². The first-order valence-corrected chi connectivity index (χ1v) is 6.80. The first-order valence-electron chi connectivity index (χ1n) is 6.80. The molecule has 1 aliphatic heterocycles. The molecule has 0 spiro atoms. The topological polar surface area (TPSA) is 88.2 Å². The fourth-order valence-corrected chi connectivity index (χ4v) is 2.27. The van der Waals surface area contributed by atoms with Crippen molar-refractivity contribution in [3.63, 3.8) is 0 Å². The molecule has 1 unspecified atom stereocenters. The summed E-state index contributed by atoms with van der Waals surface area (Å²) in [5.41, 5.74) is -0.617. The molecule has 1 saturated heterocycles. The molecule has 0 radical (unpaired) electrons. The van der Waals surface area contributed by atoms with Gasteiger partial charge in [-0.2, -0.15) is 0 Å². The Morgan fingerprint density at radius 2 is 2.05 bits per heavy atom. The minimum atomic E-state index is -1.45. The van der Waals surface area contributed by atoms with Gasteiger partial charge in [0.25, 0.3) is 0 Å². The third kappa shape index (κ3) is 3.33. The summed E-state index contributed by atoms with van der Waals surface area (Å²) in [6, 6.07) is 9.19. The van der Waals surface area contributed by atoms with Gasteiger partial charge >= 0.3 is 12.1 Å². The summed E-state index contributed by atoms with van der Waals surface area (Å²) in [5.74, 6) is -1.44. The van der Waals surface area contributed by atoms with Crippen molar-refractivity contribution in [3.05, 3.63) is 35.9 Å². The molecule has 1 aliphatic rings. The number of nitrogens with one attached hydrogen (secondary N) is 1. The van der Waals surface area contributed by atoms with Crippen LogP contribution in [-0.4, -0.2) is 35.4 Å². The second-order valence-corrected chi connectivity index (χ2v) is 5.34. The van der Waals surface area contributed by atoms with Gasteiger partial charge in [0, 0.05) is 0 Å². The summed E-state index contributed by atoms with van der Waals surface area (Å²) in [5, 5.41) is 12.0. The number of epoxide rings is 1. The smallest absolute Gasteiger partial charge is 0.408 e. The fraction of sp³-hybridized carbons (Fsp3) is 0.467. The summed E-state index contributed by atoms with van der Waals surface area (Å²) in [4.78, 5) is 23.5. The van der Waals surface area contributed by atoms with Crippen molar-refractivity contribution in [2.75, 3.05) is 6.61 Å². The van der Waals surface area contributed by atoms with E-state index in [1.54, 1.807) is 13.8 Å². The molecule has 2 rings (SSSR count). The van der Waals surface area contributed by atoms with Crippen LogP contribution in [0.4, 0.5) is 4.79 Å². The zero-order chi connectivity index (χ0) is 15.5. The van der Waals surface area contributed by atoms with E-state index < -0.39 is 23.7 Å². The molecule has 0 saturated carbocycles. The zero-order valence-corrected chi connectivity index (χ0v) is 12.0. The lowest BCUT2D eigenvalue weighted by molar-refractivity contribution is -0.147. The molecular formula is C15H19NO5. The van der Waals surface area contributed by atoms with Crippen LogP contribution in [0.5, 0.6) is 0 Å². The van der Waals surface area contributed by atoms with Crippen molar-refractivity contribution in [2.24, 2.45) is 5.92 Å². The number of amides is 1. The lowest BCUT2D eigenvalue weighted by Gasteiger charge is -2.32. The number of ether oxygens (including phenoxy) is 2. The van der Waals surface area contributed by atoms with Crippen molar-refractivity contribution >= 4 is 12.1 Å². The summed E-state index contributed by atoms with van der Waals surface area (Å²) in [7, 11) is 0. The highest BCUT2D eigenvalue weighted by Gasteiger charge is 2.56. The second kappa shape index (κ2) is 6.13. The van der Waals surface area contributed by atoms with E-state index in [0.29, 0.717) is 6.61 Å². The fourth-order valence-electron chi connectivity index (χ4n) is 2.27. The molecule has 21 heavy (non-hydrogen) atoms. The number of alkyl carbamates (subject to hydrolysis) is 1. The molecule has 1 aromatic carbocycles. The third-order valence-electron chi connectivity index (χ3n) is 3.63. The molecule has 2 atom stereocenters. The molecule has 2 N–H and O–H groups in total. The van der Waals surface area contributed by atoms with Gasteiger partial charge in [-0.15, -0.1) is 0 Å². The van der Waals surface area contributed by atoms with Crippen molar-refractivity contribution in [3.8, 4) is 0 Å². The first-order chi connectivity index (χ1) is 9.96. The molecular weight excluding hydrogens is 274 g/mol. The van der Waals surface area contributed by atoms with Crippen molar-refractivity contribution in [1.29, 1.82) is 0 Å². The number of hydrogen-bond acceptors (Lipinski definition) is 4. The lowest BCUT2D eigenvalue weighted by atomic mass is 9.83. The summed E-state index contributed by atoms with van der Waals surface area (Å²) >= 11 is 0. The lowest BCUT2D eigenvalue weighted by Crippen LogP contribution is -2.62. The van der Waals surface area contributed by atoms with Crippen LogP contribution in [0, 0.1) is 5.92 Å². The van der Waals surface area contributed by atoms with Crippen LogP contribution in [0.25, 0.3) is 0 Å². The number of hydrogen-bond donors (Lipinski definition) is 2. The Morgan fingerprint density at radius 3 is 2.52 bits per heavy atom. The van der Waals surface area contributed by atoms with Gasteiger partial charge in [-0.05, 0) is 11.5 Å². The Labute approximate surface area is 123 Å². The third-order valence-corrected chi connectivity index (χ3v) is 3.63. The van der Waals surface area contributed by atoms with Gasteiger partial charge in [0.15, 0.2) is 5.54 Å². The molecule has 1 aromatic rings. The van der Waals surface area contributed by atoms with Gasteiger partial charge in [0.2, 0.25) is 0 Å². The number of aliphatic carboxylic acids is 1. The average molecular weight is 293 g/mol. The molecule has 114 valence electrons. The average Bonchev–Trinajstić information content (AvgIpc) is 3.27. The molecule has 0 aliphatic carbocycles. The molecule has 1 fully saturated rings. The minimum Gasteiger partial charge on any atom is -0.479 e. The van der Waals surface area contributed by atoms with Crippen LogP contribution < -0.4 is 5.32 Å². The summed E-state index contributed by atoms with van der Waals surface area (Å²) < 4.78 is 10.2. The Balaban J connectivity index is 2.00. The largest absolute Gasteiger partial charge is 0.479 e. The Kier molecular flexibility index (Phi) is 4.47. The number of benzene rings is 1. The molecule has 1 heterocycles. The van der Waals surface area contributed by atoms with Crippen LogP contribution in [0.15, 0.2) is 30.3 Å². The van der Waals surface area contributed by atoms with E-state index in [1.807, 2.05) is 30.3 Å². The number of carboxylic acid groups (broad SMARTS) is 1. The van der Waals surface area contributed by atoms with Gasteiger partial charge in [-0.3, -0.25) is 0 Å². The highest BCUT2D eigenvalue weighted by atomic mass is 16.6. The number of rotatable bonds is 6. The maximum Gasteiger partial charge on any atom is 0.408 e. The van der Waals surface area contributed by atoms with E-state index in [0.717, 1.165) is 5.56 Å². The molecule has 0 bridgehead atoms. The van der Waals surface area contributed by atoms with Crippen molar-refractivity contribution in [1.82, 2.24) is 5.32 Å². The highest BCUT2D eigenvalue weighted by Crippen LogP contribution is 2.32. The Hall–Kier alpha value is -2.08. The monoisotopic (exact) mass is 293 g/mol. The Bertz CT molecular complexity index is 508. The zero-order valence-electron chi connectivity index (χ0n) is 12.0. The molecule has 6 heteroatoms. The van der Waals surface area contributed by atoms with Crippen LogP contribution in [0.2, 0.25) is 0 Å². The van der Waals surface area contributed by atoms with Crippen LogP contribution in [0.3, 0.4) is 0 Å². The second-order valence-electron chi connectivity index (χ2n) is 5.34. The van der Waals surface area contributed by atoms with Gasteiger partial charge in [0.1, 0.15) is 12.7 Å². The maximum absolute atomic E-state index is 11.9. The normalized spacial score (nSPS) is 19.7. The molecule has 6 nitrogen and oxygen atoms in total. The van der Waals surface area contributed by atoms with E-state index in [4.69, 9.17) is 9.47 Å². The molecule has 1 amide bonds. The molecule has 0 aromatic heterocycles. The van der Waals surface area contributed by atoms with E-state index in [-0.39, 0.29) is 12.5 Å². The Morgan fingerprint density at radius 1 is 1.43 bits per heavy atom. The van der Waals surface area contributed by atoms with Crippen molar-refractivity contribution < 1.29 is 24.2 Å². The minimum absolute atomic E-state index is 0.0893. The van der Waals surface area contributed by atoms with E-state index in [9.17, 15) is 14.7 Å². The van der Waals surface area contributed by atoms with Gasteiger partial charge in [-0.1, -0.05) is 44.2 Å². The van der Waals surface area contributed by atoms with Gasteiger partial charge < -0.3 is 19.9 Å². The van der Waals surface area contributed by atoms with E-state index >= 15 is 0 Å². The number of carbonyl (C=O) groups excluding carboxylic acids is 1. The maximum atomic E-state index is 11.9. The highest BCUT2D eigenvalue weighted by molar-refractivity contribution is 5.86. The standard InChI is InChI=1S/C15H19NO5/c1-10(2)15(13(17)18,12-9-20-12)16-14(19)21-8-11-6-4-3-5-7-11/h3-7,10,12H,8-9H2,1-2H3,(H,16,19)(H,17,18)/t12?,15-/m1/s1. The summed E-state index contributed by atoms with van der Waals surface area (Å²) in [6.45, 7) is 3.87. The van der Waals surface area contributed by atoms with Gasteiger partial charge in [0.05, 0.1) is 6.61 Å². The van der Waals surface area contributed by atoms with Crippen LogP contribution in [-0.2, 0) is 20.9 Å². The predicted octanol–water partition coefficient (Wildman–Crippen LogP) is 1.79. The predicted molar refractivity (Wildman–Crippen MR) is 74.7 cm³/mol. The number of carboxylic acids is 1. The summed E-state index contributed by atoms with van der Waals surface area (Å²) in [6.07, 6.45) is -1.27. The quantitative estimate of drug-likeness (QED) is 0.781. The number of carbonyl (C=O) groups is 2. The van der Waals surface area contributed by atoms with E-state index in [1.165, 1.54) is 0 Å². The first kappa shape index (κ1) is 15.3. The van der Waals surface area contributed by atoms with Crippen LogP contribution in [0.1, 0.15) is 19.4 Å². The van der Waals surface area contributed by atoms with E-state index in [2.05, 4.69) is 5.32 Å². The van der Waals surface area contributed by atoms with Crippen LogP contribution >= 0.6 is 0 Å². The van der Waals surface area contributed by atoms with Gasteiger partial charge in [-0.25, -0.2) is 9.59 Å². The SMILES string of the molecule is CC(C)[C@](NC(=O)OCc1ccccc1)(C(=O)O)C1CO1.